The molecule has 0 radical (unpaired) electrons. The molecule has 0 spiro atoms. The van der Waals surface area contributed by atoms with E-state index in [1.165, 1.54) is 16.7 Å². The fraction of sp³-hybridized carbons (Fsp3) is 0.176. The fourth-order valence-electron chi connectivity index (χ4n) is 2.24. The SMILES string of the molecule is O=C1/C(=C/c2ccc(-c3ccccc3)o2)SC(=S)N1CCCO. The van der Waals surface area contributed by atoms with E-state index in [0.717, 1.165) is 11.3 Å². The van der Waals surface area contributed by atoms with Crippen LogP contribution in [-0.2, 0) is 4.79 Å². The third-order valence-corrected chi connectivity index (χ3v) is 4.75. The summed E-state index contributed by atoms with van der Waals surface area (Å²) in [6.07, 6.45) is 2.23. The van der Waals surface area contributed by atoms with Crippen LogP contribution >= 0.6 is 24.0 Å². The van der Waals surface area contributed by atoms with Crippen molar-refractivity contribution in [1.82, 2.24) is 4.90 Å². The summed E-state index contributed by atoms with van der Waals surface area (Å²) in [6.45, 7) is 0.473. The Hall–Kier alpha value is -1.89. The number of rotatable bonds is 5. The first-order valence-corrected chi connectivity index (χ1v) is 8.43. The van der Waals surface area contributed by atoms with Crippen molar-refractivity contribution in [1.29, 1.82) is 0 Å². The molecule has 0 saturated carbocycles. The third-order valence-electron chi connectivity index (χ3n) is 3.37. The number of thioether (sulfide) groups is 1. The molecule has 1 amide bonds. The van der Waals surface area contributed by atoms with Crippen molar-refractivity contribution < 1.29 is 14.3 Å². The van der Waals surface area contributed by atoms with Gasteiger partial charge in [0.1, 0.15) is 15.8 Å². The number of thiocarbonyl (C=S) groups is 1. The number of nitrogens with zero attached hydrogens (tertiary/aromatic N) is 1. The van der Waals surface area contributed by atoms with Crippen molar-refractivity contribution in [3.05, 3.63) is 53.1 Å². The molecule has 23 heavy (non-hydrogen) atoms. The van der Waals surface area contributed by atoms with Crippen LogP contribution in [0.3, 0.4) is 0 Å². The van der Waals surface area contributed by atoms with E-state index >= 15 is 0 Å². The lowest BCUT2D eigenvalue weighted by molar-refractivity contribution is -0.122. The molecule has 0 unspecified atom stereocenters. The van der Waals surface area contributed by atoms with Crippen LogP contribution in [0.25, 0.3) is 17.4 Å². The smallest absolute Gasteiger partial charge is 0.266 e. The highest BCUT2D eigenvalue weighted by atomic mass is 32.2. The van der Waals surface area contributed by atoms with Gasteiger partial charge in [-0.15, -0.1) is 0 Å². The molecular weight excluding hydrogens is 330 g/mol. The van der Waals surface area contributed by atoms with Crippen LogP contribution in [0.1, 0.15) is 12.2 Å². The first kappa shape index (κ1) is 16.0. The first-order chi connectivity index (χ1) is 11.2. The van der Waals surface area contributed by atoms with Gasteiger partial charge in [0.05, 0.1) is 4.91 Å². The van der Waals surface area contributed by atoms with Gasteiger partial charge in [-0.2, -0.15) is 0 Å². The summed E-state index contributed by atoms with van der Waals surface area (Å²) in [5, 5.41) is 8.89. The Kier molecular flexibility index (Phi) is 4.95. The van der Waals surface area contributed by atoms with E-state index in [1.807, 2.05) is 42.5 Å². The van der Waals surface area contributed by atoms with Crippen molar-refractivity contribution in [2.75, 3.05) is 13.2 Å². The summed E-state index contributed by atoms with van der Waals surface area (Å²) >= 11 is 6.48. The maximum atomic E-state index is 12.3. The number of hydrogen-bond acceptors (Lipinski definition) is 5. The Morgan fingerprint density at radius 1 is 1.22 bits per heavy atom. The average Bonchev–Trinajstić information content (AvgIpc) is 3.13. The second-order valence-corrected chi connectivity index (χ2v) is 6.65. The van der Waals surface area contributed by atoms with Crippen LogP contribution in [0.5, 0.6) is 0 Å². The fourth-order valence-corrected chi connectivity index (χ4v) is 3.53. The van der Waals surface area contributed by atoms with Gasteiger partial charge >= 0.3 is 0 Å². The molecule has 1 fully saturated rings. The molecule has 2 heterocycles. The van der Waals surface area contributed by atoms with E-state index in [1.54, 1.807) is 6.08 Å². The minimum atomic E-state index is -0.133. The molecule has 1 N–H and O–H groups in total. The van der Waals surface area contributed by atoms with Gasteiger partial charge in [-0.3, -0.25) is 9.69 Å². The molecule has 1 saturated heterocycles. The number of aliphatic hydroxyl groups is 1. The molecule has 0 aliphatic carbocycles. The summed E-state index contributed by atoms with van der Waals surface area (Å²) in [6, 6.07) is 13.5. The number of aliphatic hydroxyl groups excluding tert-OH is 1. The molecule has 118 valence electrons. The summed E-state index contributed by atoms with van der Waals surface area (Å²) in [7, 11) is 0. The highest BCUT2D eigenvalue weighted by Gasteiger charge is 2.31. The Bertz CT molecular complexity index is 752. The van der Waals surface area contributed by atoms with Gasteiger partial charge < -0.3 is 9.52 Å². The maximum Gasteiger partial charge on any atom is 0.266 e. The molecule has 4 nitrogen and oxygen atoms in total. The van der Waals surface area contributed by atoms with Gasteiger partial charge in [0, 0.05) is 24.8 Å². The molecule has 1 aliphatic heterocycles. The molecule has 0 bridgehead atoms. The number of carbonyl (C=O) groups excluding carboxylic acids is 1. The summed E-state index contributed by atoms with van der Waals surface area (Å²) in [5.41, 5.74) is 0.989. The second kappa shape index (κ2) is 7.12. The zero-order valence-corrected chi connectivity index (χ0v) is 13.9. The average molecular weight is 345 g/mol. The topological polar surface area (TPSA) is 53.7 Å². The normalized spacial score (nSPS) is 16.6. The molecular formula is C17H15NO3S2. The van der Waals surface area contributed by atoms with Crippen molar-refractivity contribution in [3.63, 3.8) is 0 Å². The number of hydrogen-bond donors (Lipinski definition) is 1. The molecule has 2 aromatic rings. The summed E-state index contributed by atoms with van der Waals surface area (Å²) < 4.78 is 6.31. The highest BCUT2D eigenvalue weighted by Crippen LogP contribution is 2.33. The van der Waals surface area contributed by atoms with Crippen molar-refractivity contribution in [2.45, 2.75) is 6.42 Å². The molecule has 1 aromatic heterocycles. The quantitative estimate of drug-likeness (QED) is 0.664. The van der Waals surface area contributed by atoms with Crippen LogP contribution < -0.4 is 0 Å². The van der Waals surface area contributed by atoms with E-state index in [2.05, 4.69) is 0 Å². The predicted octanol–water partition coefficient (Wildman–Crippen LogP) is 3.53. The summed E-state index contributed by atoms with van der Waals surface area (Å²) in [5.74, 6) is 1.24. The lowest BCUT2D eigenvalue weighted by Gasteiger charge is -2.12. The Morgan fingerprint density at radius 3 is 2.74 bits per heavy atom. The van der Waals surface area contributed by atoms with Crippen LogP contribution in [-0.4, -0.2) is 33.4 Å². The molecule has 6 heteroatoms. The lowest BCUT2D eigenvalue weighted by atomic mass is 10.2. The van der Waals surface area contributed by atoms with Crippen molar-refractivity contribution in [3.8, 4) is 11.3 Å². The second-order valence-electron chi connectivity index (χ2n) is 4.98. The van der Waals surface area contributed by atoms with E-state index < -0.39 is 0 Å². The van der Waals surface area contributed by atoms with Crippen LogP contribution in [0.15, 0.2) is 51.8 Å². The van der Waals surface area contributed by atoms with Gasteiger partial charge in [-0.05, 0) is 18.6 Å². The molecule has 1 aromatic carbocycles. The number of furan rings is 1. The monoisotopic (exact) mass is 345 g/mol. The zero-order chi connectivity index (χ0) is 16.2. The Morgan fingerprint density at radius 2 is 2.00 bits per heavy atom. The van der Waals surface area contributed by atoms with Crippen LogP contribution in [0.2, 0.25) is 0 Å². The summed E-state index contributed by atoms with van der Waals surface area (Å²) in [4.78, 5) is 14.4. The highest BCUT2D eigenvalue weighted by molar-refractivity contribution is 8.26. The van der Waals surface area contributed by atoms with Crippen LogP contribution in [0.4, 0.5) is 0 Å². The van der Waals surface area contributed by atoms with Gasteiger partial charge in [0.2, 0.25) is 0 Å². The third kappa shape index (κ3) is 3.55. The van der Waals surface area contributed by atoms with Gasteiger partial charge in [0.15, 0.2) is 0 Å². The number of amides is 1. The van der Waals surface area contributed by atoms with E-state index in [0.29, 0.717) is 28.0 Å². The first-order valence-electron chi connectivity index (χ1n) is 7.20. The van der Waals surface area contributed by atoms with E-state index in [9.17, 15) is 4.79 Å². The predicted molar refractivity (Wildman–Crippen MR) is 95.7 cm³/mol. The van der Waals surface area contributed by atoms with E-state index in [-0.39, 0.29) is 12.5 Å². The molecule has 0 atom stereocenters. The van der Waals surface area contributed by atoms with Crippen LogP contribution in [0, 0.1) is 0 Å². The number of carbonyl (C=O) groups is 1. The van der Waals surface area contributed by atoms with Gasteiger partial charge in [-0.25, -0.2) is 0 Å². The van der Waals surface area contributed by atoms with Gasteiger partial charge in [-0.1, -0.05) is 54.3 Å². The Balaban J connectivity index is 1.79. The van der Waals surface area contributed by atoms with Gasteiger partial charge in [0.25, 0.3) is 5.91 Å². The maximum absolute atomic E-state index is 12.3. The minimum Gasteiger partial charge on any atom is -0.457 e. The standard InChI is InChI=1S/C17H15NO3S2/c19-10-4-9-18-16(20)15(23-17(18)22)11-13-7-8-14(21-13)12-5-2-1-3-6-12/h1-3,5-8,11,19H,4,9-10H2/b15-11-. The zero-order valence-electron chi connectivity index (χ0n) is 12.3. The minimum absolute atomic E-state index is 0.0364. The number of benzene rings is 1. The van der Waals surface area contributed by atoms with Crippen molar-refractivity contribution in [2.24, 2.45) is 0 Å². The lowest BCUT2D eigenvalue weighted by Crippen LogP contribution is -2.29. The van der Waals surface area contributed by atoms with E-state index in [4.69, 9.17) is 21.7 Å². The molecule has 1 aliphatic rings. The Labute approximate surface area is 143 Å². The molecule has 3 rings (SSSR count). The largest absolute Gasteiger partial charge is 0.457 e. The van der Waals surface area contributed by atoms with Crippen molar-refractivity contribution >= 4 is 40.3 Å².